The van der Waals surface area contributed by atoms with Gasteiger partial charge in [-0.2, -0.15) is 0 Å². The van der Waals surface area contributed by atoms with Crippen LogP contribution in [0.25, 0.3) is 0 Å². The maximum Gasteiger partial charge on any atom is 0.325 e. The molecular formula is C13H19NO2. The minimum atomic E-state index is -0.175. The number of nitrogens with zero attached hydrogens (tertiary/aromatic N) is 1. The van der Waals surface area contributed by atoms with E-state index in [0.717, 1.165) is 12.2 Å². The second kappa shape index (κ2) is 6.16. The first-order valence-corrected chi connectivity index (χ1v) is 5.64. The highest BCUT2D eigenvalue weighted by molar-refractivity contribution is 5.75. The van der Waals surface area contributed by atoms with Gasteiger partial charge in [-0.25, -0.2) is 0 Å². The van der Waals surface area contributed by atoms with Crippen LogP contribution < -0.4 is 4.90 Å². The second-order valence-electron chi connectivity index (χ2n) is 3.66. The minimum Gasteiger partial charge on any atom is -0.465 e. The van der Waals surface area contributed by atoms with Crippen LogP contribution in [0.1, 0.15) is 19.4 Å². The lowest BCUT2D eigenvalue weighted by Gasteiger charge is -2.22. The van der Waals surface area contributed by atoms with Crippen LogP contribution in [0.15, 0.2) is 24.3 Å². The fourth-order valence-corrected chi connectivity index (χ4v) is 1.57. The Balaban J connectivity index is 2.70. The van der Waals surface area contributed by atoms with Crippen LogP contribution in [0, 0.1) is 6.92 Å². The van der Waals surface area contributed by atoms with Gasteiger partial charge in [-0.1, -0.05) is 12.1 Å². The molecule has 0 aliphatic heterocycles. The molecule has 0 spiro atoms. The second-order valence-corrected chi connectivity index (χ2v) is 3.66. The summed E-state index contributed by atoms with van der Waals surface area (Å²) < 4.78 is 4.95. The molecule has 0 fully saturated rings. The summed E-state index contributed by atoms with van der Waals surface area (Å²) in [4.78, 5) is 13.4. The van der Waals surface area contributed by atoms with Gasteiger partial charge in [-0.05, 0) is 38.5 Å². The SMILES string of the molecule is CCOC(=O)CN(CC)c1cccc(C)c1. The number of benzene rings is 1. The molecule has 0 bridgehead atoms. The lowest BCUT2D eigenvalue weighted by atomic mass is 10.2. The van der Waals surface area contributed by atoms with Gasteiger partial charge < -0.3 is 9.64 Å². The summed E-state index contributed by atoms with van der Waals surface area (Å²) in [7, 11) is 0. The molecule has 0 heterocycles. The van der Waals surface area contributed by atoms with E-state index < -0.39 is 0 Å². The van der Waals surface area contributed by atoms with Crippen molar-refractivity contribution in [3.05, 3.63) is 29.8 Å². The van der Waals surface area contributed by atoms with Gasteiger partial charge in [-0.15, -0.1) is 0 Å². The summed E-state index contributed by atoms with van der Waals surface area (Å²) in [6.45, 7) is 7.43. The zero-order valence-electron chi connectivity index (χ0n) is 10.2. The molecule has 3 heteroatoms. The van der Waals surface area contributed by atoms with Gasteiger partial charge in [0.15, 0.2) is 0 Å². The predicted molar refractivity (Wildman–Crippen MR) is 65.7 cm³/mol. The van der Waals surface area contributed by atoms with Crippen LogP contribution in [-0.2, 0) is 9.53 Å². The summed E-state index contributed by atoms with van der Waals surface area (Å²) in [5.74, 6) is -0.175. The molecule has 0 unspecified atom stereocenters. The molecule has 16 heavy (non-hydrogen) atoms. The maximum atomic E-state index is 11.4. The number of aryl methyl sites for hydroxylation is 1. The first-order valence-electron chi connectivity index (χ1n) is 5.64. The summed E-state index contributed by atoms with van der Waals surface area (Å²) in [6, 6.07) is 8.12. The number of likely N-dealkylation sites (N-methyl/N-ethyl adjacent to an activating group) is 1. The van der Waals surface area contributed by atoms with Crippen molar-refractivity contribution in [3.63, 3.8) is 0 Å². The molecule has 0 amide bonds. The summed E-state index contributed by atoms with van der Waals surface area (Å²) in [6.07, 6.45) is 0. The molecule has 0 atom stereocenters. The van der Waals surface area contributed by atoms with Crippen molar-refractivity contribution in [3.8, 4) is 0 Å². The van der Waals surface area contributed by atoms with Gasteiger partial charge in [0.25, 0.3) is 0 Å². The van der Waals surface area contributed by atoms with Gasteiger partial charge in [0.05, 0.1) is 6.61 Å². The molecule has 1 aromatic rings. The first-order chi connectivity index (χ1) is 7.67. The molecule has 1 rings (SSSR count). The third kappa shape index (κ3) is 3.57. The normalized spacial score (nSPS) is 9.94. The molecule has 0 aliphatic rings. The molecule has 3 nitrogen and oxygen atoms in total. The monoisotopic (exact) mass is 221 g/mol. The Hall–Kier alpha value is -1.51. The zero-order chi connectivity index (χ0) is 12.0. The molecule has 0 aromatic heterocycles. The highest BCUT2D eigenvalue weighted by atomic mass is 16.5. The van der Waals surface area contributed by atoms with Crippen LogP contribution in [0.3, 0.4) is 0 Å². The van der Waals surface area contributed by atoms with E-state index in [9.17, 15) is 4.79 Å². The Morgan fingerprint density at radius 2 is 2.12 bits per heavy atom. The summed E-state index contributed by atoms with van der Waals surface area (Å²) in [5.41, 5.74) is 2.26. The predicted octanol–water partition coefficient (Wildman–Crippen LogP) is 2.38. The molecule has 0 aliphatic carbocycles. The summed E-state index contributed by atoms with van der Waals surface area (Å²) in [5, 5.41) is 0. The van der Waals surface area contributed by atoms with E-state index >= 15 is 0 Å². The zero-order valence-corrected chi connectivity index (χ0v) is 10.2. The maximum absolute atomic E-state index is 11.4. The molecule has 1 aromatic carbocycles. The van der Waals surface area contributed by atoms with E-state index in [0.29, 0.717) is 13.2 Å². The molecule has 88 valence electrons. The Morgan fingerprint density at radius 1 is 1.38 bits per heavy atom. The third-order valence-corrected chi connectivity index (χ3v) is 2.37. The quantitative estimate of drug-likeness (QED) is 0.715. The highest BCUT2D eigenvalue weighted by Crippen LogP contribution is 2.15. The molecule has 0 saturated heterocycles. The van der Waals surface area contributed by atoms with Crippen molar-refractivity contribution in [1.29, 1.82) is 0 Å². The number of anilines is 1. The van der Waals surface area contributed by atoms with E-state index in [1.165, 1.54) is 5.56 Å². The van der Waals surface area contributed by atoms with E-state index in [2.05, 4.69) is 6.07 Å². The van der Waals surface area contributed by atoms with Crippen molar-refractivity contribution in [2.24, 2.45) is 0 Å². The smallest absolute Gasteiger partial charge is 0.325 e. The third-order valence-electron chi connectivity index (χ3n) is 2.37. The average molecular weight is 221 g/mol. The lowest BCUT2D eigenvalue weighted by Crippen LogP contribution is -2.30. The number of hydrogen-bond acceptors (Lipinski definition) is 3. The number of rotatable bonds is 5. The largest absolute Gasteiger partial charge is 0.465 e. The standard InChI is InChI=1S/C13H19NO2/c1-4-14(10-13(15)16-5-2)12-8-6-7-11(3)9-12/h6-9H,4-5,10H2,1-3H3. The Bertz CT molecular complexity index is 350. The van der Waals surface area contributed by atoms with Gasteiger partial charge in [-0.3, -0.25) is 4.79 Å². The van der Waals surface area contributed by atoms with Crippen molar-refractivity contribution in [1.82, 2.24) is 0 Å². The van der Waals surface area contributed by atoms with E-state index in [1.54, 1.807) is 0 Å². The molecular weight excluding hydrogens is 202 g/mol. The van der Waals surface area contributed by atoms with Crippen molar-refractivity contribution in [2.75, 3.05) is 24.6 Å². The Labute approximate surface area is 97.0 Å². The van der Waals surface area contributed by atoms with Crippen LogP contribution in [-0.4, -0.2) is 25.7 Å². The van der Waals surface area contributed by atoms with Crippen LogP contribution in [0.2, 0.25) is 0 Å². The highest BCUT2D eigenvalue weighted by Gasteiger charge is 2.10. The Kier molecular flexibility index (Phi) is 4.83. The minimum absolute atomic E-state index is 0.175. The van der Waals surface area contributed by atoms with Gasteiger partial charge in [0, 0.05) is 12.2 Å². The number of esters is 1. The number of carbonyl (C=O) groups is 1. The van der Waals surface area contributed by atoms with Crippen LogP contribution in [0.4, 0.5) is 5.69 Å². The van der Waals surface area contributed by atoms with E-state index in [-0.39, 0.29) is 5.97 Å². The lowest BCUT2D eigenvalue weighted by molar-refractivity contribution is -0.141. The fraction of sp³-hybridized carbons (Fsp3) is 0.462. The van der Waals surface area contributed by atoms with Crippen molar-refractivity contribution < 1.29 is 9.53 Å². The Morgan fingerprint density at radius 3 is 2.69 bits per heavy atom. The average Bonchev–Trinajstić information content (AvgIpc) is 2.26. The van der Waals surface area contributed by atoms with E-state index in [1.807, 2.05) is 43.9 Å². The van der Waals surface area contributed by atoms with Crippen molar-refractivity contribution in [2.45, 2.75) is 20.8 Å². The van der Waals surface area contributed by atoms with Gasteiger partial charge >= 0.3 is 5.97 Å². The number of ether oxygens (including phenoxy) is 1. The number of carbonyl (C=O) groups excluding carboxylic acids is 1. The van der Waals surface area contributed by atoms with Crippen molar-refractivity contribution >= 4 is 11.7 Å². The van der Waals surface area contributed by atoms with Crippen LogP contribution >= 0.6 is 0 Å². The fourth-order valence-electron chi connectivity index (χ4n) is 1.57. The first kappa shape index (κ1) is 12.6. The van der Waals surface area contributed by atoms with Gasteiger partial charge in [0.1, 0.15) is 6.54 Å². The van der Waals surface area contributed by atoms with E-state index in [4.69, 9.17) is 4.74 Å². The molecule has 0 N–H and O–H groups in total. The summed E-state index contributed by atoms with van der Waals surface area (Å²) >= 11 is 0. The molecule has 0 saturated carbocycles. The van der Waals surface area contributed by atoms with Crippen LogP contribution in [0.5, 0.6) is 0 Å². The number of hydrogen-bond donors (Lipinski definition) is 0. The molecule has 0 radical (unpaired) electrons. The van der Waals surface area contributed by atoms with Gasteiger partial charge in [0.2, 0.25) is 0 Å². The topological polar surface area (TPSA) is 29.5 Å².